The molecule has 1 amide bonds. The second-order valence-electron chi connectivity index (χ2n) is 8.36. The second kappa shape index (κ2) is 9.72. The molecule has 34 heavy (non-hydrogen) atoms. The van der Waals surface area contributed by atoms with E-state index in [1.807, 2.05) is 48.7 Å². The number of carbonyl (C=O) groups is 1. The maximum Gasteiger partial charge on any atom is 0.265 e. The number of thiophene rings is 1. The standard InChI is InChI=1S/C25H26N4O4S/c1-16-6-9-20(21(12-16)31-2)32-14-17-13-22(34-15-17)25(30)26-18-7-8-19(24-23(18)27-33-28-24)29-10-4-3-5-11-29/h6-9,12-13,15H,3-5,10-11,14H2,1-2H3,(H,26,30). The number of hydrogen-bond acceptors (Lipinski definition) is 8. The number of anilines is 2. The molecule has 5 rings (SSSR count). The lowest BCUT2D eigenvalue weighted by Crippen LogP contribution is -2.29. The van der Waals surface area contributed by atoms with E-state index in [1.165, 1.54) is 17.8 Å². The minimum atomic E-state index is -0.209. The fraction of sp³-hybridized carbons (Fsp3) is 0.320. The van der Waals surface area contributed by atoms with E-state index >= 15 is 0 Å². The number of ether oxygens (including phenoxy) is 2. The molecule has 1 aliphatic heterocycles. The number of aromatic nitrogens is 2. The van der Waals surface area contributed by atoms with Crippen molar-refractivity contribution in [3.8, 4) is 11.5 Å². The molecule has 2 aromatic heterocycles. The third kappa shape index (κ3) is 4.56. The highest BCUT2D eigenvalue weighted by Gasteiger charge is 2.20. The van der Waals surface area contributed by atoms with Crippen LogP contribution in [-0.2, 0) is 6.61 Å². The molecule has 0 saturated carbocycles. The number of fused-ring (bicyclic) bond motifs is 1. The van der Waals surface area contributed by atoms with Crippen LogP contribution in [0, 0.1) is 6.92 Å². The van der Waals surface area contributed by atoms with E-state index in [4.69, 9.17) is 14.1 Å². The van der Waals surface area contributed by atoms with Crippen LogP contribution in [0.4, 0.5) is 11.4 Å². The number of benzene rings is 2. The van der Waals surface area contributed by atoms with E-state index in [1.54, 1.807) is 7.11 Å². The first-order valence-electron chi connectivity index (χ1n) is 11.3. The molecule has 4 aromatic rings. The van der Waals surface area contributed by atoms with Gasteiger partial charge in [0, 0.05) is 18.7 Å². The second-order valence-corrected chi connectivity index (χ2v) is 9.27. The summed E-state index contributed by atoms with van der Waals surface area (Å²) in [7, 11) is 1.62. The van der Waals surface area contributed by atoms with Crippen molar-refractivity contribution in [2.24, 2.45) is 0 Å². The Morgan fingerprint density at radius 3 is 2.74 bits per heavy atom. The van der Waals surface area contributed by atoms with Crippen molar-refractivity contribution in [3.05, 3.63) is 57.8 Å². The fourth-order valence-electron chi connectivity index (χ4n) is 4.15. The maximum atomic E-state index is 12.9. The summed E-state index contributed by atoms with van der Waals surface area (Å²) in [5.41, 5.74) is 4.81. The summed E-state index contributed by atoms with van der Waals surface area (Å²) in [5, 5.41) is 13.0. The maximum absolute atomic E-state index is 12.9. The van der Waals surface area contributed by atoms with Crippen LogP contribution in [0.5, 0.6) is 11.5 Å². The molecular weight excluding hydrogens is 452 g/mol. The van der Waals surface area contributed by atoms with Crippen LogP contribution in [0.25, 0.3) is 11.0 Å². The van der Waals surface area contributed by atoms with Crippen molar-refractivity contribution in [3.63, 3.8) is 0 Å². The van der Waals surface area contributed by atoms with E-state index in [2.05, 4.69) is 20.5 Å². The zero-order valence-electron chi connectivity index (χ0n) is 19.2. The van der Waals surface area contributed by atoms with E-state index in [0.717, 1.165) is 42.7 Å². The average molecular weight is 479 g/mol. The Kier molecular flexibility index (Phi) is 6.35. The summed E-state index contributed by atoms with van der Waals surface area (Å²) >= 11 is 1.37. The van der Waals surface area contributed by atoms with Crippen LogP contribution in [0.3, 0.4) is 0 Å². The molecule has 0 bridgehead atoms. The van der Waals surface area contributed by atoms with Gasteiger partial charge in [0.15, 0.2) is 22.5 Å². The van der Waals surface area contributed by atoms with E-state index in [0.29, 0.717) is 39.7 Å². The van der Waals surface area contributed by atoms with Gasteiger partial charge in [0.25, 0.3) is 5.91 Å². The third-order valence-corrected chi connectivity index (χ3v) is 6.91. The molecule has 2 aromatic carbocycles. The third-order valence-electron chi connectivity index (χ3n) is 5.93. The number of nitrogens with one attached hydrogen (secondary N) is 1. The molecule has 1 saturated heterocycles. The molecule has 1 fully saturated rings. The predicted octanol–water partition coefficient (Wildman–Crippen LogP) is 5.42. The Hall–Kier alpha value is -3.59. The summed E-state index contributed by atoms with van der Waals surface area (Å²) in [6.07, 6.45) is 3.57. The molecule has 3 heterocycles. The Balaban J connectivity index is 1.28. The smallest absolute Gasteiger partial charge is 0.265 e. The van der Waals surface area contributed by atoms with Crippen LogP contribution < -0.4 is 19.7 Å². The Morgan fingerprint density at radius 1 is 1.09 bits per heavy atom. The molecule has 1 aliphatic rings. The van der Waals surface area contributed by atoms with Crippen molar-refractivity contribution in [1.29, 1.82) is 0 Å². The van der Waals surface area contributed by atoms with E-state index < -0.39 is 0 Å². The lowest BCUT2D eigenvalue weighted by Gasteiger charge is -2.28. The van der Waals surface area contributed by atoms with Gasteiger partial charge in [-0.2, -0.15) is 0 Å². The number of methoxy groups -OCH3 is 1. The monoisotopic (exact) mass is 478 g/mol. The first kappa shape index (κ1) is 22.2. The Morgan fingerprint density at radius 2 is 1.91 bits per heavy atom. The fourth-order valence-corrected chi connectivity index (χ4v) is 4.95. The van der Waals surface area contributed by atoms with E-state index in [-0.39, 0.29) is 5.91 Å². The molecule has 0 radical (unpaired) electrons. The van der Waals surface area contributed by atoms with E-state index in [9.17, 15) is 4.79 Å². The normalized spacial score (nSPS) is 13.8. The molecular formula is C25H26N4O4S. The average Bonchev–Trinajstić information content (AvgIpc) is 3.54. The lowest BCUT2D eigenvalue weighted by molar-refractivity contribution is 0.103. The van der Waals surface area contributed by atoms with Crippen molar-refractivity contribution >= 4 is 39.7 Å². The molecule has 0 spiro atoms. The van der Waals surface area contributed by atoms with Gasteiger partial charge in [-0.3, -0.25) is 4.79 Å². The zero-order chi connectivity index (χ0) is 23.5. The van der Waals surface area contributed by atoms with Crippen LogP contribution in [0.15, 0.2) is 46.4 Å². The highest BCUT2D eigenvalue weighted by atomic mass is 32.1. The van der Waals surface area contributed by atoms with Gasteiger partial charge in [-0.05, 0) is 77.8 Å². The topological polar surface area (TPSA) is 89.7 Å². The number of piperidine rings is 1. The number of nitrogens with zero attached hydrogens (tertiary/aromatic N) is 3. The first-order valence-corrected chi connectivity index (χ1v) is 12.2. The van der Waals surface area contributed by atoms with Gasteiger partial charge < -0.3 is 19.7 Å². The van der Waals surface area contributed by atoms with Crippen molar-refractivity contribution < 1.29 is 18.9 Å². The SMILES string of the molecule is COc1cc(C)ccc1OCc1csc(C(=O)Nc2ccc(N3CCCCC3)c3nonc23)c1. The molecule has 176 valence electrons. The molecule has 9 heteroatoms. The number of amides is 1. The first-order chi connectivity index (χ1) is 16.6. The Labute approximate surface area is 201 Å². The number of carbonyl (C=O) groups excluding carboxylic acids is 1. The van der Waals surface area contributed by atoms with Crippen molar-refractivity contribution in [1.82, 2.24) is 10.3 Å². The molecule has 0 aliphatic carbocycles. The summed E-state index contributed by atoms with van der Waals surface area (Å²) in [4.78, 5) is 15.8. The van der Waals surface area contributed by atoms with Crippen molar-refractivity contribution in [2.45, 2.75) is 32.8 Å². The van der Waals surface area contributed by atoms with Crippen molar-refractivity contribution in [2.75, 3.05) is 30.4 Å². The summed E-state index contributed by atoms with van der Waals surface area (Å²) in [5.74, 6) is 1.14. The Bertz CT molecular complexity index is 1310. The van der Waals surface area contributed by atoms with Gasteiger partial charge in [0.05, 0.1) is 23.4 Å². The highest BCUT2D eigenvalue weighted by Crippen LogP contribution is 2.32. The van der Waals surface area contributed by atoms with Gasteiger partial charge in [-0.1, -0.05) is 6.07 Å². The summed E-state index contributed by atoms with van der Waals surface area (Å²) in [6, 6.07) is 11.5. The molecule has 8 nitrogen and oxygen atoms in total. The van der Waals surface area contributed by atoms with Crippen LogP contribution in [0.1, 0.15) is 40.1 Å². The van der Waals surface area contributed by atoms with Crippen LogP contribution in [-0.4, -0.2) is 36.4 Å². The summed E-state index contributed by atoms with van der Waals surface area (Å²) in [6.45, 7) is 4.32. The molecule has 1 N–H and O–H groups in total. The van der Waals surface area contributed by atoms with Crippen LogP contribution in [0.2, 0.25) is 0 Å². The zero-order valence-corrected chi connectivity index (χ0v) is 20.0. The quantitative estimate of drug-likeness (QED) is 0.379. The molecule has 0 unspecified atom stereocenters. The lowest BCUT2D eigenvalue weighted by atomic mass is 10.1. The number of hydrogen-bond donors (Lipinski definition) is 1. The number of rotatable bonds is 7. The summed E-state index contributed by atoms with van der Waals surface area (Å²) < 4.78 is 16.3. The minimum absolute atomic E-state index is 0.209. The van der Waals surface area contributed by atoms with Gasteiger partial charge in [0.2, 0.25) is 0 Å². The van der Waals surface area contributed by atoms with Crippen LogP contribution >= 0.6 is 11.3 Å². The largest absolute Gasteiger partial charge is 0.493 e. The molecule has 0 atom stereocenters. The van der Waals surface area contributed by atoms with Gasteiger partial charge in [0.1, 0.15) is 6.61 Å². The minimum Gasteiger partial charge on any atom is -0.493 e. The van der Waals surface area contributed by atoms with Gasteiger partial charge >= 0.3 is 0 Å². The van der Waals surface area contributed by atoms with Gasteiger partial charge in [-0.15, -0.1) is 11.3 Å². The highest BCUT2D eigenvalue weighted by molar-refractivity contribution is 7.12. The predicted molar refractivity (Wildman–Crippen MR) is 132 cm³/mol. The number of aryl methyl sites for hydroxylation is 1. The van der Waals surface area contributed by atoms with Gasteiger partial charge in [-0.25, -0.2) is 4.63 Å².